The van der Waals surface area contributed by atoms with Gasteiger partial charge < -0.3 is 10.1 Å². The SMILES string of the molecule is COc1cccc(-c2cnc3c(c2)C(Sc2cccs2)CN3)c1. The van der Waals surface area contributed by atoms with Gasteiger partial charge in [-0.05, 0) is 35.2 Å². The summed E-state index contributed by atoms with van der Waals surface area (Å²) in [6.07, 6.45) is 1.93. The van der Waals surface area contributed by atoms with Crippen molar-refractivity contribution in [1.82, 2.24) is 4.98 Å². The summed E-state index contributed by atoms with van der Waals surface area (Å²) in [5, 5.41) is 5.94. The molecule has 0 saturated heterocycles. The van der Waals surface area contributed by atoms with E-state index in [0.717, 1.165) is 29.2 Å². The first-order chi connectivity index (χ1) is 11.3. The third-order valence-electron chi connectivity index (χ3n) is 3.88. The number of fused-ring (bicyclic) bond motifs is 1. The molecular formula is C18H16N2OS2. The lowest BCUT2D eigenvalue weighted by atomic mass is 10.0. The van der Waals surface area contributed by atoms with Gasteiger partial charge >= 0.3 is 0 Å². The van der Waals surface area contributed by atoms with Gasteiger partial charge in [-0.25, -0.2) is 4.98 Å². The van der Waals surface area contributed by atoms with Crippen LogP contribution in [0.25, 0.3) is 11.1 Å². The molecule has 4 rings (SSSR count). The van der Waals surface area contributed by atoms with E-state index in [2.05, 4.69) is 39.9 Å². The van der Waals surface area contributed by atoms with Crippen LogP contribution < -0.4 is 10.1 Å². The van der Waals surface area contributed by atoms with Crippen molar-refractivity contribution in [3.8, 4) is 16.9 Å². The number of ether oxygens (including phenoxy) is 1. The number of hydrogen-bond donors (Lipinski definition) is 1. The number of thioether (sulfide) groups is 1. The number of benzene rings is 1. The molecule has 3 heterocycles. The van der Waals surface area contributed by atoms with E-state index in [0.29, 0.717) is 5.25 Å². The Hall–Kier alpha value is -1.98. The molecule has 0 amide bonds. The number of hydrogen-bond acceptors (Lipinski definition) is 5. The zero-order valence-corrected chi connectivity index (χ0v) is 14.3. The fourth-order valence-corrected chi connectivity index (χ4v) is 4.81. The van der Waals surface area contributed by atoms with Gasteiger partial charge in [0, 0.05) is 23.9 Å². The maximum absolute atomic E-state index is 5.32. The molecule has 116 valence electrons. The van der Waals surface area contributed by atoms with Gasteiger partial charge in [0.2, 0.25) is 0 Å². The average Bonchev–Trinajstić information content (AvgIpc) is 3.25. The van der Waals surface area contributed by atoms with Crippen LogP contribution in [0.4, 0.5) is 5.82 Å². The van der Waals surface area contributed by atoms with Crippen LogP contribution in [0.2, 0.25) is 0 Å². The first-order valence-corrected chi connectivity index (χ1v) is 9.18. The second kappa shape index (κ2) is 6.26. The minimum atomic E-state index is 0.404. The lowest BCUT2D eigenvalue weighted by Gasteiger charge is -2.10. The first kappa shape index (κ1) is 14.6. The largest absolute Gasteiger partial charge is 0.497 e. The summed E-state index contributed by atoms with van der Waals surface area (Å²) in [5.74, 6) is 1.87. The van der Waals surface area contributed by atoms with Crippen molar-refractivity contribution in [2.45, 2.75) is 9.46 Å². The summed E-state index contributed by atoms with van der Waals surface area (Å²) in [6, 6.07) is 14.6. The standard InChI is InChI=1S/C18H16N2OS2/c1-21-14-5-2-4-12(8-14)13-9-15-16(11-20-18(15)19-10-13)23-17-6-3-7-22-17/h2-10,16H,11H2,1H3,(H,19,20). The number of methoxy groups -OCH3 is 1. The molecule has 23 heavy (non-hydrogen) atoms. The van der Waals surface area contributed by atoms with Gasteiger partial charge in [-0.1, -0.05) is 18.2 Å². The molecule has 1 atom stereocenters. The van der Waals surface area contributed by atoms with E-state index >= 15 is 0 Å². The van der Waals surface area contributed by atoms with E-state index in [4.69, 9.17) is 4.74 Å². The van der Waals surface area contributed by atoms with Gasteiger partial charge in [0.05, 0.1) is 16.6 Å². The lowest BCUT2D eigenvalue weighted by molar-refractivity contribution is 0.415. The highest BCUT2D eigenvalue weighted by molar-refractivity contribution is 8.01. The molecule has 5 heteroatoms. The molecule has 3 aromatic rings. The number of thiophene rings is 1. The molecule has 1 unspecified atom stereocenters. The second-order valence-corrected chi connectivity index (χ2v) is 7.76. The van der Waals surface area contributed by atoms with Crippen LogP contribution in [-0.4, -0.2) is 18.6 Å². The summed E-state index contributed by atoms with van der Waals surface area (Å²) in [7, 11) is 1.69. The Morgan fingerprint density at radius 1 is 1.22 bits per heavy atom. The Bertz CT molecular complexity index is 818. The van der Waals surface area contributed by atoms with Crippen molar-refractivity contribution in [1.29, 1.82) is 0 Å². The highest BCUT2D eigenvalue weighted by Crippen LogP contribution is 2.44. The van der Waals surface area contributed by atoms with Gasteiger partial charge in [0.1, 0.15) is 11.6 Å². The maximum Gasteiger partial charge on any atom is 0.130 e. The van der Waals surface area contributed by atoms with E-state index in [-0.39, 0.29) is 0 Å². The summed E-state index contributed by atoms with van der Waals surface area (Å²) >= 11 is 3.69. The normalized spacial score (nSPS) is 16.0. The van der Waals surface area contributed by atoms with E-state index in [1.165, 1.54) is 9.77 Å². The van der Waals surface area contributed by atoms with Crippen LogP contribution in [0.5, 0.6) is 5.75 Å². The van der Waals surface area contributed by atoms with E-state index in [1.807, 2.05) is 36.2 Å². The monoisotopic (exact) mass is 340 g/mol. The van der Waals surface area contributed by atoms with Crippen molar-refractivity contribution in [3.63, 3.8) is 0 Å². The molecule has 0 saturated carbocycles. The Morgan fingerprint density at radius 2 is 2.17 bits per heavy atom. The number of nitrogens with zero attached hydrogens (tertiary/aromatic N) is 1. The van der Waals surface area contributed by atoms with Crippen LogP contribution in [0.3, 0.4) is 0 Å². The number of pyridine rings is 1. The molecule has 1 aliphatic heterocycles. The van der Waals surface area contributed by atoms with Crippen molar-refractivity contribution >= 4 is 28.9 Å². The van der Waals surface area contributed by atoms with E-state index in [1.54, 1.807) is 18.4 Å². The molecule has 0 spiro atoms. The Balaban J connectivity index is 1.67. The highest BCUT2D eigenvalue weighted by Gasteiger charge is 2.25. The van der Waals surface area contributed by atoms with Crippen LogP contribution >= 0.6 is 23.1 Å². The van der Waals surface area contributed by atoms with Crippen LogP contribution in [0.15, 0.2) is 58.3 Å². The van der Waals surface area contributed by atoms with Crippen molar-refractivity contribution in [2.75, 3.05) is 19.0 Å². The fraction of sp³-hybridized carbons (Fsp3) is 0.167. The first-order valence-electron chi connectivity index (χ1n) is 7.42. The molecule has 1 aromatic carbocycles. The van der Waals surface area contributed by atoms with Crippen LogP contribution in [0.1, 0.15) is 10.8 Å². The van der Waals surface area contributed by atoms with E-state index in [9.17, 15) is 0 Å². The summed E-state index contributed by atoms with van der Waals surface area (Å²) < 4.78 is 6.67. The number of aromatic nitrogens is 1. The molecule has 0 radical (unpaired) electrons. The average molecular weight is 340 g/mol. The second-order valence-electron chi connectivity index (χ2n) is 5.31. The quantitative estimate of drug-likeness (QED) is 0.718. The summed E-state index contributed by atoms with van der Waals surface area (Å²) in [6.45, 7) is 0.923. The van der Waals surface area contributed by atoms with Gasteiger partial charge in [0.25, 0.3) is 0 Å². The van der Waals surface area contributed by atoms with Crippen LogP contribution in [0, 0.1) is 0 Å². The Labute approximate surface area is 143 Å². The minimum Gasteiger partial charge on any atom is -0.497 e. The van der Waals surface area contributed by atoms with Crippen molar-refractivity contribution < 1.29 is 4.74 Å². The minimum absolute atomic E-state index is 0.404. The van der Waals surface area contributed by atoms with Gasteiger partial charge in [-0.2, -0.15) is 0 Å². The molecule has 0 bridgehead atoms. The predicted molar refractivity (Wildman–Crippen MR) is 97.6 cm³/mol. The molecule has 0 fully saturated rings. The molecule has 1 aliphatic rings. The number of rotatable bonds is 4. The summed E-state index contributed by atoms with van der Waals surface area (Å²) in [4.78, 5) is 4.61. The van der Waals surface area contributed by atoms with Gasteiger partial charge in [-0.15, -0.1) is 23.1 Å². The van der Waals surface area contributed by atoms with E-state index < -0.39 is 0 Å². The third kappa shape index (κ3) is 2.94. The zero-order chi connectivity index (χ0) is 15.6. The van der Waals surface area contributed by atoms with Crippen LogP contribution in [-0.2, 0) is 0 Å². The summed E-state index contributed by atoms with van der Waals surface area (Å²) in [5.41, 5.74) is 3.54. The smallest absolute Gasteiger partial charge is 0.130 e. The number of anilines is 1. The van der Waals surface area contributed by atoms with Gasteiger partial charge in [-0.3, -0.25) is 0 Å². The maximum atomic E-state index is 5.32. The Kier molecular flexibility index (Phi) is 3.97. The van der Waals surface area contributed by atoms with Crippen molar-refractivity contribution in [3.05, 3.63) is 59.6 Å². The molecule has 3 nitrogen and oxygen atoms in total. The molecule has 2 aromatic heterocycles. The molecular weight excluding hydrogens is 324 g/mol. The number of nitrogens with one attached hydrogen (secondary N) is 1. The van der Waals surface area contributed by atoms with Gasteiger partial charge in [0.15, 0.2) is 0 Å². The van der Waals surface area contributed by atoms with Crippen molar-refractivity contribution in [2.24, 2.45) is 0 Å². The topological polar surface area (TPSA) is 34.1 Å². The fourth-order valence-electron chi connectivity index (χ4n) is 2.71. The zero-order valence-electron chi connectivity index (χ0n) is 12.7. The third-order valence-corrected chi connectivity index (χ3v) is 6.19. The molecule has 1 N–H and O–H groups in total. The Morgan fingerprint density at radius 3 is 3.00 bits per heavy atom. The molecule has 0 aliphatic carbocycles. The predicted octanol–water partition coefficient (Wildman–Crippen LogP) is 5.08. The lowest BCUT2D eigenvalue weighted by Crippen LogP contribution is -1.97. The highest BCUT2D eigenvalue weighted by atomic mass is 32.2.